The first-order valence-corrected chi connectivity index (χ1v) is 3.56. The Bertz CT molecular complexity index is 280. The van der Waals surface area contributed by atoms with Crippen LogP contribution in [0.3, 0.4) is 0 Å². The third-order valence-electron chi connectivity index (χ3n) is 1.27. The Morgan fingerprint density at radius 2 is 2.08 bits per heavy atom. The molecule has 0 aliphatic carbocycles. The molecule has 0 unspecified atom stereocenters. The number of nitrogens with zero attached hydrogens (tertiary/aromatic N) is 1. The number of carboxylic acid groups (broad SMARTS) is 1. The molecular formula is C9H9NO2. The summed E-state index contributed by atoms with van der Waals surface area (Å²) in [5, 5.41) is 8.28. The Hall–Kier alpha value is -1.64. The number of hydrogen-bond acceptors (Lipinski definition) is 2. The molecular weight excluding hydrogens is 154 g/mol. The first kappa shape index (κ1) is 8.46. The van der Waals surface area contributed by atoms with Gasteiger partial charge in [-0.05, 0) is 5.56 Å². The fraction of sp³-hybridized carbons (Fsp3) is 0.111. The number of aliphatic carboxylic acids is 1. The monoisotopic (exact) mass is 163 g/mol. The van der Waals surface area contributed by atoms with Crippen molar-refractivity contribution in [2.24, 2.45) is 4.99 Å². The second-order valence-electron chi connectivity index (χ2n) is 2.27. The van der Waals surface area contributed by atoms with E-state index in [-0.39, 0.29) is 6.54 Å². The van der Waals surface area contributed by atoms with Gasteiger partial charge in [-0.15, -0.1) is 0 Å². The van der Waals surface area contributed by atoms with Crippen LogP contribution in [0.15, 0.2) is 35.3 Å². The molecule has 0 aromatic heterocycles. The average molecular weight is 163 g/mol. The fourth-order valence-electron chi connectivity index (χ4n) is 0.768. The zero-order valence-electron chi connectivity index (χ0n) is 6.47. The number of hydrogen-bond donors (Lipinski definition) is 1. The first-order valence-electron chi connectivity index (χ1n) is 3.56. The number of carboxylic acids is 1. The van der Waals surface area contributed by atoms with Crippen molar-refractivity contribution in [2.75, 3.05) is 6.54 Å². The van der Waals surface area contributed by atoms with Crippen molar-refractivity contribution in [2.45, 2.75) is 0 Å². The summed E-state index contributed by atoms with van der Waals surface area (Å²) < 4.78 is 0. The summed E-state index contributed by atoms with van der Waals surface area (Å²) in [6.45, 7) is -0.172. The van der Waals surface area contributed by atoms with Crippen LogP contribution >= 0.6 is 0 Å². The molecule has 3 heteroatoms. The minimum absolute atomic E-state index is 0.172. The van der Waals surface area contributed by atoms with Gasteiger partial charge in [-0.2, -0.15) is 0 Å². The van der Waals surface area contributed by atoms with E-state index in [2.05, 4.69) is 4.99 Å². The number of rotatable bonds is 3. The van der Waals surface area contributed by atoms with Crippen LogP contribution in [0.2, 0.25) is 0 Å². The molecule has 0 fully saturated rings. The molecule has 62 valence electrons. The molecule has 1 aromatic rings. The lowest BCUT2D eigenvalue weighted by molar-refractivity contribution is -0.135. The van der Waals surface area contributed by atoms with E-state index in [0.29, 0.717) is 0 Å². The summed E-state index contributed by atoms with van der Waals surface area (Å²) in [7, 11) is 0. The van der Waals surface area contributed by atoms with E-state index >= 15 is 0 Å². The second kappa shape index (κ2) is 4.28. The van der Waals surface area contributed by atoms with Crippen LogP contribution in [0.4, 0.5) is 0 Å². The van der Waals surface area contributed by atoms with Gasteiger partial charge in [0, 0.05) is 6.21 Å². The molecule has 1 rings (SSSR count). The minimum atomic E-state index is -0.915. The summed E-state index contributed by atoms with van der Waals surface area (Å²) in [5.41, 5.74) is 0.916. The smallest absolute Gasteiger partial charge is 0.325 e. The van der Waals surface area contributed by atoms with Gasteiger partial charge in [0.1, 0.15) is 6.54 Å². The van der Waals surface area contributed by atoms with Gasteiger partial charge in [-0.3, -0.25) is 9.79 Å². The molecule has 0 bridgehead atoms. The fourth-order valence-corrected chi connectivity index (χ4v) is 0.768. The van der Waals surface area contributed by atoms with Gasteiger partial charge in [0.05, 0.1) is 0 Å². The van der Waals surface area contributed by atoms with E-state index in [9.17, 15) is 4.79 Å². The Kier molecular flexibility index (Phi) is 3.02. The van der Waals surface area contributed by atoms with Gasteiger partial charge in [-0.25, -0.2) is 0 Å². The molecule has 0 aliphatic rings. The van der Waals surface area contributed by atoms with Gasteiger partial charge < -0.3 is 5.11 Å². The summed E-state index contributed by atoms with van der Waals surface area (Å²) in [4.78, 5) is 13.8. The van der Waals surface area contributed by atoms with Gasteiger partial charge in [-0.1, -0.05) is 30.3 Å². The maximum Gasteiger partial charge on any atom is 0.325 e. The molecule has 1 N–H and O–H groups in total. The largest absolute Gasteiger partial charge is 0.480 e. The third-order valence-corrected chi connectivity index (χ3v) is 1.27. The summed E-state index contributed by atoms with van der Waals surface area (Å²) in [6, 6.07) is 9.38. The maximum absolute atomic E-state index is 10.1. The molecule has 1 aromatic carbocycles. The maximum atomic E-state index is 10.1. The van der Waals surface area contributed by atoms with Gasteiger partial charge >= 0.3 is 5.97 Å². The van der Waals surface area contributed by atoms with Crippen LogP contribution in [-0.4, -0.2) is 23.8 Å². The quantitative estimate of drug-likeness (QED) is 0.680. The number of carbonyl (C=O) groups is 1. The lowest BCUT2D eigenvalue weighted by Gasteiger charge is -1.89. The van der Waals surface area contributed by atoms with Gasteiger partial charge in [0.15, 0.2) is 0 Å². The highest BCUT2D eigenvalue weighted by molar-refractivity contribution is 5.81. The number of aliphatic imine (C=N–C) groups is 1. The van der Waals surface area contributed by atoms with Gasteiger partial charge in [0.25, 0.3) is 0 Å². The Morgan fingerprint density at radius 3 is 2.67 bits per heavy atom. The van der Waals surface area contributed by atoms with Crippen LogP contribution in [0, 0.1) is 0 Å². The minimum Gasteiger partial charge on any atom is -0.480 e. The molecule has 0 radical (unpaired) electrons. The molecule has 0 heterocycles. The second-order valence-corrected chi connectivity index (χ2v) is 2.27. The van der Waals surface area contributed by atoms with Crippen molar-refractivity contribution in [1.29, 1.82) is 0 Å². The molecule has 0 amide bonds. The zero-order valence-corrected chi connectivity index (χ0v) is 6.47. The summed E-state index contributed by atoms with van der Waals surface area (Å²) in [6.07, 6.45) is 1.55. The van der Waals surface area contributed by atoms with Crippen LogP contribution < -0.4 is 0 Å². The highest BCUT2D eigenvalue weighted by Gasteiger charge is 1.89. The molecule has 0 aliphatic heterocycles. The van der Waals surface area contributed by atoms with Crippen LogP contribution in [0.1, 0.15) is 5.56 Å². The first-order chi connectivity index (χ1) is 5.79. The SMILES string of the molecule is O=C(O)C/N=C\c1ccccc1. The van der Waals surface area contributed by atoms with Crippen molar-refractivity contribution in [1.82, 2.24) is 0 Å². The average Bonchev–Trinajstić information content (AvgIpc) is 2.05. The van der Waals surface area contributed by atoms with E-state index < -0.39 is 5.97 Å². The highest BCUT2D eigenvalue weighted by Crippen LogP contribution is 1.93. The van der Waals surface area contributed by atoms with Crippen LogP contribution in [0.25, 0.3) is 0 Å². The van der Waals surface area contributed by atoms with Crippen molar-refractivity contribution in [3.05, 3.63) is 35.9 Å². The molecule has 0 saturated carbocycles. The zero-order chi connectivity index (χ0) is 8.81. The van der Waals surface area contributed by atoms with E-state index in [1.165, 1.54) is 0 Å². The number of benzene rings is 1. The highest BCUT2D eigenvalue weighted by atomic mass is 16.4. The molecule has 0 atom stereocenters. The van der Waals surface area contributed by atoms with Gasteiger partial charge in [0.2, 0.25) is 0 Å². The predicted octanol–water partition coefficient (Wildman–Crippen LogP) is 1.19. The van der Waals surface area contributed by atoms with Crippen LogP contribution in [0.5, 0.6) is 0 Å². The molecule has 12 heavy (non-hydrogen) atoms. The summed E-state index contributed by atoms with van der Waals surface area (Å²) >= 11 is 0. The van der Waals surface area contributed by atoms with E-state index in [1.54, 1.807) is 6.21 Å². The molecule has 0 saturated heterocycles. The van der Waals surface area contributed by atoms with Crippen molar-refractivity contribution < 1.29 is 9.90 Å². The molecule has 0 spiro atoms. The van der Waals surface area contributed by atoms with E-state index in [1.807, 2.05) is 30.3 Å². The summed E-state index contributed by atoms with van der Waals surface area (Å²) in [5.74, 6) is -0.915. The lowest BCUT2D eigenvalue weighted by Crippen LogP contribution is -1.99. The van der Waals surface area contributed by atoms with Crippen LogP contribution in [-0.2, 0) is 4.79 Å². The van der Waals surface area contributed by atoms with Crippen molar-refractivity contribution >= 4 is 12.2 Å². The van der Waals surface area contributed by atoms with Crippen molar-refractivity contribution in [3.63, 3.8) is 0 Å². The Labute approximate surface area is 70.4 Å². The lowest BCUT2D eigenvalue weighted by atomic mass is 10.2. The standard InChI is InChI=1S/C9H9NO2/c11-9(12)7-10-6-8-4-2-1-3-5-8/h1-6H,7H2,(H,11,12)/b10-6-. The van der Waals surface area contributed by atoms with E-state index in [4.69, 9.17) is 5.11 Å². The topological polar surface area (TPSA) is 49.7 Å². The predicted molar refractivity (Wildman–Crippen MR) is 46.5 cm³/mol. The normalized spacial score (nSPS) is 10.3. The Balaban J connectivity index is 2.52. The third kappa shape index (κ3) is 2.96. The molecule has 3 nitrogen and oxygen atoms in total. The van der Waals surface area contributed by atoms with Crippen molar-refractivity contribution in [3.8, 4) is 0 Å². The Morgan fingerprint density at radius 1 is 1.42 bits per heavy atom. The van der Waals surface area contributed by atoms with E-state index in [0.717, 1.165) is 5.56 Å².